The topological polar surface area (TPSA) is 41.3 Å². The Balaban J connectivity index is 1.57. The van der Waals surface area contributed by atoms with Crippen LogP contribution in [0, 0.1) is 0 Å². The number of nitrogens with one attached hydrogen (secondary N) is 1. The van der Waals surface area contributed by atoms with Gasteiger partial charge >= 0.3 is 0 Å². The zero-order valence-electron chi connectivity index (χ0n) is 14.5. The molecule has 4 heteroatoms. The molecule has 1 atom stereocenters. The molecule has 1 saturated heterocycles. The van der Waals surface area contributed by atoms with E-state index in [1.807, 2.05) is 24.4 Å². The first-order valence-corrected chi connectivity index (χ1v) is 9.20. The first-order chi connectivity index (χ1) is 12.4. The van der Waals surface area contributed by atoms with E-state index in [0.717, 1.165) is 43.2 Å². The Morgan fingerprint density at radius 3 is 2.84 bits per heavy atom. The second kappa shape index (κ2) is 7.81. The molecule has 0 saturated carbocycles. The van der Waals surface area contributed by atoms with Gasteiger partial charge in [-0.3, -0.25) is 9.88 Å². The summed E-state index contributed by atoms with van der Waals surface area (Å²) in [4.78, 5) is 7.07. The van der Waals surface area contributed by atoms with Crippen molar-refractivity contribution in [3.63, 3.8) is 0 Å². The first-order valence-electron chi connectivity index (χ1n) is 9.20. The van der Waals surface area contributed by atoms with Gasteiger partial charge in [0.05, 0.1) is 12.2 Å². The molecule has 1 fully saturated rings. The van der Waals surface area contributed by atoms with Gasteiger partial charge in [0.1, 0.15) is 11.3 Å². The number of hydrogen-bond donors (Lipinski definition) is 1. The summed E-state index contributed by atoms with van der Waals surface area (Å²) in [5.41, 5.74) is 2.09. The minimum Gasteiger partial charge on any atom is -0.460 e. The van der Waals surface area contributed by atoms with Gasteiger partial charge < -0.3 is 9.73 Å². The van der Waals surface area contributed by atoms with Crippen molar-refractivity contribution in [2.24, 2.45) is 0 Å². The number of benzene rings is 1. The molecule has 3 aromatic rings. The largest absolute Gasteiger partial charge is 0.460 e. The number of nitrogens with zero attached hydrogens (tertiary/aromatic N) is 2. The average Bonchev–Trinajstić information content (AvgIpc) is 2.86. The summed E-state index contributed by atoms with van der Waals surface area (Å²) >= 11 is 0. The van der Waals surface area contributed by atoms with Crippen molar-refractivity contribution >= 4 is 11.0 Å². The quantitative estimate of drug-likeness (QED) is 0.766. The SMILES string of the molecule is c1ccc(CN(Cc2cc3ccccc3o2)C2CCCNCC2)nc1. The van der Waals surface area contributed by atoms with Gasteiger partial charge in [-0.05, 0) is 56.6 Å². The van der Waals surface area contributed by atoms with Crippen LogP contribution < -0.4 is 5.32 Å². The molecule has 0 spiro atoms. The molecule has 4 nitrogen and oxygen atoms in total. The molecule has 1 aliphatic heterocycles. The minimum absolute atomic E-state index is 0.560. The van der Waals surface area contributed by atoms with Gasteiger partial charge in [-0.2, -0.15) is 0 Å². The lowest BCUT2D eigenvalue weighted by molar-refractivity contribution is 0.151. The summed E-state index contributed by atoms with van der Waals surface area (Å²) in [7, 11) is 0. The molecule has 1 aromatic carbocycles. The summed E-state index contributed by atoms with van der Waals surface area (Å²) in [6.07, 6.45) is 5.50. The maximum Gasteiger partial charge on any atom is 0.134 e. The van der Waals surface area contributed by atoms with Crippen molar-refractivity contribution in [3.8, 4) is 0 Å². The van der Waals surface area contributed by atoms with Crippen LogP contribution in [0.1, 0.15) is 30.7 Å². The summed E-state index contributed by atoms with van der Waals surface area (Å²) in [6, 6.07) is 17.1. The summed E-state index contributed by atoms with van der Waals surface area (Å²) in [5, 5.41) is 4.69. The van der Waals surface area contributed by atoms with Gasteiger partial charge in [-0.15, -0.1) is 0 Å². The third-order valence-electron chi connectivity index (χ3n) is 4.99. The van der Waals surface area contributed by atoms with Gasteiger partial charge in [0.2, 0.25) is 0 Å². The van der Waals surface area contributed by atoms with Gasteiger partial charge in [0, 0.05) is 24.2 Å². The van der Waals surface area contributed by atoms with E-state index >= 15 is 0 Å². The second-order valence-electron chi connectivity index (χ2n) is 6.81. The normalized spacial score (nSPS) is 18.5. The number of aromatic nitrogens is 1. The van der Waals surface area contributed by atoms with Crippen LogP contribution in [-0.4, -0.2) is 29.0 Å². The summed E-state index contributed by atoms with van der Waals surface area (Å²) in [6.45, 7) is 3.90. The van der Waals surface area contributed by atoms with Crippen molar-refractivity contribution in [2.75, 3.05) is 13.1 Å². The highest BCUT2D eigenvalue weighted by Crippen LogP contribution is 2.24. The molecule has 0 radical (unpaired) electrons. The molecule has 0 aliphatic carbocycles. The monoisotopic (exact) mass is 335 g/mol. The number of fused-ring (bicyclic) bond motifs is 1. The van der Waals surface area contributed by atoms with Crippen molar-refractivity contribution in [2.45, 2.75) is 38.4 Å². The Morgan fingerprint density at radius 2 is 1.96 bits per heavy atom. The zero-order valence-corrected chi connectivity index (χ0v) is 14.5. The molecular formula is C21H25N3O. The number of para-hydroxylation sites is 1. The number of rotatable bonds is 5. The Hall–Kier alpha value is -2.17. The Labute approximate surface area is 148 Å². The predicted molar refractivity (Wildman–Crippen MR) is 100 cm³/mol. The fourth-order valence-corrected chi connectivity index (χ4v) is 3.69. The molecule has 1 N–H and O–H groups in total. The fourth-order valence-electron chi connectivity index (χ4n) is 3.69. The van der Waals surface area contributed by atoms with Crippen LogP contribution in [0.15, 0.2) is 59.1 Å². The first kappa shape index (κ1) is 16.3. The van der Waals surface area contributed by atoms with Crippen LogP contribution in [0.4, 0.5) is 0 Å². The van der Waals surface area contributed by atoms with Gasteiger partial charge in [-0.25, -0.2) is 0 Å². The van der Waals surface area contributed by atoms with Crippen LogP contribution in [0.5, 0.6) is 0 Å². The van der Waals surface area contributed by atoms with E-state index in [1.54, 1.807) is 0 Å². The number of hydrogen-bond acceptors (Lipinski definition) is 4. The Kier molecular flexibility index (Phi) is 5.09. The van der Waals surface area contributed by atoms with E-state index in [-0.39, 0.29) is 0 Å². The van der Waals surface area contributed by atoms with Crippen LogP contribution in [-0.2, 0) is 13.1 Å². The van der Waals surface area contributed by atoms with Gasteiger partial charge in [-0.1, -0.05) is 24.3 Å². The number of pyridine rings is 1. The summed E-state index contributed by atoms with van der Waals surface area (Å²) < 4.78 is 6.08. The lowest BCUT2D eigenvalue weighted by atomic mass is 10.1. The maximum absolute atomic E-state index is 6.08. The van der Waals surface area contributed by atoms with E-state index in [1.165, 1.54) is 24.6 Å². The molecule has 130 valence electrons. The van der Waals surface area contributed by atoms with Crippen molar-refractivity contribution < 1.29 is 4.42 Å². The lowest BCUT2D eigenvalue weighted by Gasteiger charge is -2.30. The Bertz CT molecular complexity index is 758. The highest BCUT2D eigenvalue weighted by atomic mass is 16.3. The molecular weight excluding hydrogens is 310 g/mol. The van der Waals surface area contributed by atoms with Crippen molar-refractivity contribution in [1.82, 2.24) is 15.2 Å². The van der Waals surface area contributed by atoms with Crippen molar-refractivity contribution in [3.05, 3.63) is 66.2 Å². The molecule has 25 heavy (non-hydrogen) atoms. The molecule has 0 bridgehead atoms. The second-order valence-corrected chi connectivity index (χ2v) is 6.81. The van der Waals surface area contributed by atoms with E-state index < -0.39 is 0 Å². The summed E-state index contributed by atoms with van der Waals surface area (Å²) in [5.74, 6) is 1.04. The van der Waals surface area contributed by atoms with Crippen LogP contribution in [0.2, 0.25) is 0 Å². The predicted octanol–water partition coefficient (Wildman–Crippen LogP) is 3.97. The molecule has 1 unspecified atom stereocenters. The highest BCUT2D eigenvalue weighted by molar-refractivity contribution is 5.77. The maximum atomic E-state index is 6.08. The van der Waals surface area contributed by atoms with Crippen molar-refractivity contribution in [1.29, 1.82) is 0 Å². The van der Waals surface area contributed by atoms with E-state index in [4.69, 9.17) is 4.42 Å². The van der Waals surface area contributed by atoms with E-state index in [0.29, 0.717) is 6.04 Å². The third-order valence-corrected chi connectivity index (χ3v) is 4.99. The average molecular weight is 335 g/mol. The Morgan fingerprint density at radius 1 is 1.04 bits per heavy atom. The zero-order chi connectivity index (χ0) is 16.9. The van der Waals surface area contributed by atoms with Gasteiger partial charge in [0.25, 0.3) is 0 Å². The molecule has 0 amide bonds. The standard InChI is InChI=1S/C21H25N3O/c1-2-9-21-17(6-1)14-20(25-21)16-24(15-18-7-3-4-12-23-18)19-8-5-11-22-13-10-19/h1-4,6-7,9,12,14,19,22H,5,8,10-11,13,15-16H2. The van der Waals surface area contributed by atoms with Crippen LogP contribution in [0.3, 0.4) is 0 Å². The fraction of sp³-hybridized carbons (Fsp3) is 0.381. The number of furan rings is 1. The molecule has 1 aliphatic rings. The molecule has 2 aromatic heterocycles. The van der Waals surface area contributed by atoms with Crippen LogP contribution in [0.25, 0.3) is 11.0 Å². The smallest absolute Gasteiger partial charge is 0.134 e. The lowest BCUT2D eigenvalue weighted by Crippen LogP contribution is -2.35. The van der Waals surface area contributed by atoms with Crippen LogP contribution >= 0.6 is 0 Å². The van der Waals surface area contributed by atoms with E-state index in [9.17, 15) is 0 Å². The van der Waals surface area contributed by atoms with Gasteiger partial charge in [0.15, 0.2) is 0 Å². The molecule has 4 rings (SSSR count). The third kappa shape index (κ3) is 4.09. The van der Waals surface area contributed by atoms with E-state index in [2.05, 4.69) is 45.5 Å². The molecule has 3 heterocycles. The minimum atomic E-state index is 0.560. The highest BCUT2D eigenvalue weighted by Gasteiger charge is 2.22.